The lowest BCUT2D eigenvalue weighted by Gasteiger charge is -2.10. The Balaban J connectivity index is 0.000000242. The standard InChI is InChI=1S/C16H22O3.C12H10O/c1-3-4-5-6-7-12(2)15(17)13-8-10-14(11-9-13)16(18)19;13-12-8-6-11(7-9-12)10-4-2-1-3-5-10/h8-12H,3-7H2,1-2H3,(H,18,19);1-9,13H. The summed E-state index contributed by atoms with van der Waals surface area (Å²) in [6, 6.07) is 23.5. The summed E-state index contributed by atoms with van der Waals surface area (Å²) < 4.78 is 0. The number of unbranched alkanes of at least 4 members (excludes halogenated alkanes) is 3. The molecule has 0 aliphatic rings. The van der Waals surface area contributed by atoms with Gasteiger partial charge in [0.25, 0.3) is 0 Å². The molecule has 0 saturated heterocycles. The number of rotatable bonds is 9. The number of hydrogen-bond acceptors (Lipinski definition) is 3. The lowest BCUT2D eigenvalue weighted by molar-refractivity contribution is 0.0696. The second-order valence-electron chi connectivity index (χ2n) is 7.91. The van der Waals surface area contributed by atoms with Gasteiger partial charge in [0.15, 0.2) is 5.78 Å². The summed E-state index contributed by atoms with van der Waals surface area (Å²) in [5, 5.41) is 17.9. The van der Waals surface area contributed by atoms with Gasteiger partial charge in [0.1, 0.15) is 5.75 Å². The minimum atomic E-state index is -0.966. The number of Topliss-reactive ketones (excluding diaryl/α,β-unsaturated/α-hetero) is 1. The average Bonchev–Trinajstić information content (AvgIpc) is 2.83. The van der Waals surface area contributed by atoms with Gasteiger partial charge < -0.3 is 10.2 Å². The van der Waals surface area contributed by atoms with Crippen molar-refractivity contribution in [2.75, 3.05) is 0 Å². The Hall–Kier alpha value is -3.40. The van der Waals surface area contributed by atoms with E-state index in [-0.39, 0.29) is 17.3 Å². The molecule has 0 amide bonds. The first-order valence-corrected chi connectivity index (χ1v) is 11.1. The summed E-state index contributed by atoms with van der Waals surface area (Å²) in [7, 11) is 0. The van der Waals surface area contributed by atoms with Crippen LogP contribution in [0.3, 0.4) is 0 Å². The Labute approximate surface area is 190 Å². The Bertz CT molecular complexity index is 961. The van der Waals surface area contributed by atoms with Crippen LogP contribution in [0.25, 0.3) is 11.1 Å². The highest BCUT2D eigenvalue weighted by Gasteiger charge is 2.15. The van der Waals surface area contributed by atoms with Crippen molar-refractivity contribution in [2.45, 2.75) is 46.0 Å². The van der Waals surface area contributed by atoms with Gasteiger partial charge in [-0.2, -0.15) is 0 Å². The largest absolute Gasteiger partial charge is 0.508 e. The third-order valence-electron chi connectivity index (χ3n) is 5.33. The van der Waals surface area contributed by atoms with Crippen molar-refractivity contribution < 1.29 is 19.8 Å². The van der Waals surface area contributed by atoms with E-state index in [0.717, 1.165) is 18.4 Å². The van der Waals surface area contributed by atoms with Crippen LogP contribution in [0.5, 0.6) is 5.75 Å². The van der Waals surface area contributed by atoms with E-state index in [1.807, 2.05) is 49.4 Å². The van der Waals surface area contributed by atoms with E-state index in [1.165, 1.54) is 37.0 Å². The first-order chi connectivity index (χ1) is 15.4. The van der Waals surface area contributed by atoms with Crippen LogP contribution in [0.4, 0.5) is 0 Å². The third kappa shape index (κ3) is 8.03. The van der Waals surface area contributed by atoms with Crippen molar-refractivity contribution in [3.8, 4) is 16.9 Å². The second-order valence-corrected chi connectivity index (χ2v) is 7.91. The maximum Gasteiger partial charge on any atom is 0.335 e. The summed E-state index contributed by atoms with van der Waals surface area (Å²) in [6.07, 6.45) is 5.56. The first-order valence-electron chi connectivity index (χ1n) is 11.1. The number of aromatic hydroxyl groups is 1. The summed E-state index contributed by atoms with van der Waals surface area (Å²) in [5.41, 5.74) is 3.11. The molecule has 1 atom stereocenters. The molecule has 3 aromatic rings. The molecule has 4 heteroatoms. The van der Waals surface area contributed by atoms with Gasteiger partial charge in [0, 0.05) is 11.5 Å². The zero-order chi connectivity index (χ0) is 23.3. The fourth-order valence-electron chi connectivity index (χ4n) is 3.35. The number of carboxylic acid groups (broad SMARTS) is 1. The number of carbonyl (C=O) groups excluding carboxylic acids is 1. The fourth-order valence-corrected chi connectivity index (χ4v) is 3.35. The fraction of sp³-hybridized carbons (Fsp3) is 0.286. The van der Waals surface area contributed by atoms with Gasteiger partial charge in [0.05, 0.1) is 5.56 Å². The number of phenols is 1. The molecule has 0 aliphatic heterocycles. The van der Waals surface area contributed by atoms with Crippen molar-refractivity contribution in [1.29, 1.82) is 0 Å². The number of carboxylic acids is 1. The molecule has 0 fully saturated rings. The maximum atomic E-state index is 12.1. The van der Waals surface area contributed by atoms with E-state index in [1.54, 1.807) is 24.3 Å². The lowest BCUT2D eigenvalue weighted by atomic mass is 9.93. The van der Waals surface area contributed by atoms with Crippen LogP contribution in [-0.4, -0.2) is 22.0 Å². The monoisotopic (exact) mass is 432 g/mol. The molecular formula is C28H32O4. The van der Waals surface area contributed by atoms with E-state index in [9.17, 15) is 9.59 Å². The van der Waals surface area contributed by atoms with Crippen LogP contribution in [0, 0.1) is 5.92 Å². The summed E-state index contributed by atoms with van der Waals surface area (Å²) in [4.78, 5) is 22.9. The minimum Gasteiger partial charge on any atom is -0.508 e. The molecule has 0 aliphatic carbocycles. The average molecular weight is 433 g/mol. The van der Waals surface area contributed by atoms with E-state index in [4.69, 9.17) is 10.2 Å². The van der Waals surface area contributed by atoms with Crippen LogP contribution in [0.15, 0.2) is 78.9 Å². The first kappa shape index (κ1) is 24.9. The molecule has 32 heavy (non-hydrogen) atoms. The number of carbonyl (C=O) groups is 2. The SMILES string of the molecule is CCCCCCC(C)C(=O)c1ccc(C(=O)O)cc1.Oc1ccc(-c2ccccc2)cc1. The van der Waals surface area contributed by atoms with Crippen LogP contribution in [0.2, 0.25) is 0 Å². The number of phenolic OH excluding ortho intramolecular Hbond substituents is 1. The van der Waals surface area contributed by atoms with Gasteiger partial charge in [-0.05, 0) is 41.8 Å². The number of hydrogen-bond donors (Lipinski definition) is 2. The smallest absolute Gasteiger partial charge is 0.335 e. The molecule has 0 bridgehead atoms. The van der Waals surface area contributed by atoms with Gasteiger partial charge in [-0.3, -0.25) is 4.79 Å². The molecule has 0 aromatic heterocycles. The number of benzene rings is 3. The molecule has 3 aromatic carbocycles. The van der Waals surface area contributed by atoms with Crippen molar-refractivity contribution >= 4 is 11.8 Å². The quantitative estimate of drug-likeness (QED) is 0.276. The Morgan fingerprint density at radius 2 is 1.31 bits per heavy atom. The zero-order valence-electron chi connectivity index (χ0n) is 18.8. The summed E-state index contributed by atoms with van der Waals surface area (Å²) >= 11 is 0. The number of aromatic carboxylic acids is 1. The van der Waals surface area contributed by atoms with Crippen LogP contribution >= 0.6 is 0 Å². The number of ketones is 1. The Morgan fingerprint density at radius 3 is 1.88 bits per heavy atom. The van der Waals surface area contributed by atoms with Crippen molar-refractivity contribution in [1.82, 2.24) is 0 Å². The molecule has 1 unspecified atom stereocenters. The van der Waals surface area contributed by atoms with Crippen molar-refractivity contribution in [2.24, 2.45) is 5.92 Å². The highest BCUT2D eigenvalue weighted by atomic mass is 16.4. The minimum absolute atomic E-state index is 0.00698. The van der Waals surface area contributed by atoms with Gasteiger partial charge in [-0.15, -0.1) is 0 Å². The lowest BCUT2D eigenvalue weighted by Crippen LogP contribution is -2.11. The highest BCUT2D eigenvalue weighted by molar-refractivity contribution is 5.98. The van der Waals surface area contributed by atoms with E-state index < -0.39 is 5.97 Å². The molecule has 168 valence electrons. The third-order valence-corrected chi connectivity index (χ3v) is 5.33. The molecule has 4 nitrogen and oxygen atoms in total. The Kier molecular flexibility index (Phi) is 10.2. The maximum absolute atomic E-state index is 12.1. The van der Waals surface area contributed by atoms with E-state index in [0.29, 0.717) is 11.3 Å². The highest BCUT2D eigenvalue weighted by Crippen LogP contribution is 2.21. The topological polar surface area (TPSA) is 74.6 Å². The molecule has 0 radical (unpaired) electrons. The summed E-state index contributed by atoms with van der Waals surface area (Å²) in [5.74, 6) is -0.549. The predicted molar refractivity (Wildman–Crippen MR) is 129 cm³/mol. The van der Waals surface area contributed by atoms with Crippen LogP contribution in [0.1, 0.15) is 66.7 Å². The van der Waals surface area contributed by atoms with Gasteiger partial charge in [-0.25, -0.2) is 4.79 Å². The van der Waals surface area contributed by atoms with Crippen LogP contribution < -0.4 is 0 Å². The Morgan fingerprint density at radius 1 is 0.750 bits per heavy atom. The predicted octanol–water partition coefficient (Wildman–Crippen LogP) is 7.23. The summed E-state index contributed by atoms with van der Waals surface area (Å²) in [6.45, 7) is 4.11. The molecule has 0 spiro atoms. The van der Waals surface area contributed by atoms with Gasteiger partial charge >= 0.3 is 5.97 Å². The van der Waals surface area contributed by atoms with Crippen molar-refractivity contribution in [3.63, 3.8) is 0 Å². The molecular weight excluding hydrogens is 400 g/mol. The zero-order valence-corrected chi connectivity index (χ0v) is 18.8. The normalized spacial score (nSPS) is 11.2. The molecule has 0 saturated carbocycles. The van der Waals surface area contributed by atoms with Gasteiger partial charge in [0.2, 0.25) is 0 Å². The van der Waals surface area contributed by atoms with Crippen molar-refractivity contribution in [3.05, 3.63) is 90.0 Å². The van der Waals surface area contributed by atoms with Gasteiger partial charge in [-0.1, -0.05) is 94.1 Å². The van der Waals surface area contributed by atoms with Crippen LogP contribution in [-0.2, 0) is 0 Å². The van der Waals surface area contributed by atoms with E-state index in [2.05, 4.69) is 6.92 Å². The molecule has 2 N–H and O–H groups in total. The molecule has 0 heterocycles. The molecule has 3 rings (SSSR count). The van der Waals surface area contributed by atoms with E-state index >= 15 is 0 Å². The second kappa shape index (κ2) is 13.1.